The summed E-state index contributed by atoms with van der Waals surface area (Å²) in [6.45, 7) is 7.63. The first-order valence-corrected chi connectivity index (χ1v) is 7.62. The van der Waals surface area contributed by atoms with Gasteiger partial charge in [0.15, 0.2) is 11.2 Å². The van der Waals surface area contributed by atoms with Crippen LogP contribution in [0.5, 0.6) is 0 Å². The maximum atomic E-state index is 12.9. The predicted octanol–water partition coefficient (Wildman–Crippen LogP) is 0.266. The van der Waals surface area contributed by atoms with Gasteiger partial charge in [-0.05, 0) is 13.0 Å². The first-order valence-electron chi connectivity index (χ1n) is 7.62. The molecule has 0 saturated carbocycles. The smallest absolute Gasteiger partial charge is 0.325 e. The molecule has 3 rings (SSSR count). The van der Waals surface area contributed by atoms with Crippen LogP contribution in [0.15, 0.2) is 9.59 Å². The van der Waals surface area contributed by atoms with Gasteiger partial charge < -0.3 is 9.88 Å². The van der Waals surface area contributed by atoms with Gasteiger partial charge in [0.25, 0.3) is 5.56 Å². The lowest BCUT2D eigenvalue weighted by Crippen LogP contribution is -2.42. The zero-order valence-corrected chi connectivity index (χ0v) is 13.8. The summed E-state index contributed by atoms with van der Waals surface area (Å²) in [6.07, 6.45) is 0.796. The molecule has 7 heteroatoms. The minimum absolute atomic E-state index is 0.0800. The Morgan fingerprint density at radius 2 is 1.86 bits per heavy atom. The molecule has 7 nitrogen and oxygen atoms in total. The van der Waals surface area contributed by atoms with Crippen LogP contribution in [0.3, 0.4) is 0 Å². The summed E-state index contributed by atoms with van der Waals surface area (Å²) < 4.78 is 4.71. The van der Waals surface area contributed by atoms with Gasteiger partial charge in [-0.3, -0.25) is 13.9 Å². The molecule has 1 aliphatic heterocycles. The quantitative estimate of drug-likeness (QED) is 0.820. The van der Waals surface area contributed by atoms with E-state index >= 15 is 0 Å². The molecule has 1 fully saturated rings. The summed E-state index contributed by atoms with van der Waals surface area (Å²) >= 11 is 0. The number of fused-ring (bicyclic) bond motifs is 1. The Bertz CT molecular complexity index is 844. The average molecular weight is 305 g/mol. The Hall–Kier alpha value is -1.89. The number of nitrogens with one attached hydrogen (secondary N) is 1. The summed E-state index contributed by atoms with van der Waals surface area (Å²) in [6, 6.07) is -0.0800. The number of hydrogen-bond donors (Lipinski definition) is 1. The fourth-order valence-electron chi connectivity index (χ4n) is 3.26. The van der Waals surface area contributed by atoms with Crippen molar-refractivity contribution in [1.29, 1.82) is 0 Å². The minimum Gasteiger partial charge on any atom is -0.325 e. The Balaban J connectivity index is 2.40. The van der Waals surface area contributed by atoms with Gasteiger partial charge in [-0.2, -0.15) is 0 Å². The maximum Gasteiger partial charge on any atom is 0.332 e. The number of aromatic nitrogens is 4. The first kappa shape index (κ1) is 15.0. The summed E-state index contributed by atoms with van der Waals surface area (Å²) in [5.41, 5.74) is 0.237. The van der Waals surface area contributed by atoms with Crippen molar-refractivity contribution in [1.82, 2.24) is 24.0 Å². The van der Waals surface area contributed by atoms with Crippen molar-refractivity contribution >= 4 is 11.2 Å². The maximum absolute atomic E-state index is 12.9. The van der Waals surface area contributed by atoms with Crippen LogP contribution in [0.2, 0.25) is 0 Å². The molecule has 2 aromatic rings. The molecule has 3 heterocycles. The van der Waals surface area contributed by atoms with Crippen molar-refractivity contribution in [2.45, 2.75) is 38.6 Å². The van der Waals surface area contributed by atoms with Gasteiger partial charge in [0.05, 0.1) is 6.04 Å². The highest BCUT2D eigenvalue weighted by atomic mass is 16.2. The predicted molar refractivity (Wildman–Crippen MR) is 85.4 cm³/mol. The van der Waals surface area contributed by atoms with Crippen molar-refractivity contribution in [2.75, 3.05) is 13.1 Å². The molecule has 1 atom stereocenters. The summed E-state index contributed by atoms with van der Waals surface area (Å²) in [5, 5.41) is 3.21. The van der Waals surface area contributed by atoms with E-state index in [9.17, 15) is 9.59 Å². The number of rotatable bonds is 1. The van der Waals surface area contributed by atoms with Crippen molar-refractivity contribution < 1.29 is 0 Å². The summed E-state index contributed by atoms with van der Waals surface area (Å²) in [5.74, 6) is 0.803. The van der Waals surface area contributed by atoms with Gasteiger partial charge >= 0.3 is 5.69 Å². The molecule has 0 radical (unpaired) electrons. The molecule has 1 N–H and O–H groups in total. The van der Waals surface area contributed by atoms with E-state index in [1.54, 1.807) is 7.05 Å². The highest BCUT2D eigenvalue weighted by molar-refractivity contribution is 5.71. The zero-order valence-electron chi connectivity index (χ0n) is 13.8. The third kappa shape index (κ3) is 2.03. The van der Waals surface area contributed by atoms with E-state index in [1.807, 2.05) is 32.4 Å². The van der Waals surface area contributed by atoms with E-state index < -0.39 is 0 Å². The fraction of sp³-hybridized carbons (Fsp3) is 0.667. The molecule has 120 valence electrons. The van der Waals surface area contributed by atoms with Crippen LogP contribution in [0.25, 0.3) is 11.2 Å². The number of aryl methyl sites for hydroxylation is 2. The third-order valence-corrected chi connectivity index (χ3v) is 4.38. The van der Waals surface area contributed by atoms with Crippen LogP contribution >= 0.6 is 0 Å². The lowest BCUT2D eigenvalue weighted by atomic mass is 9.96. The van der Waals surface area contributed by atoms with Gasteiger partial charge in [0, 0.05) is 26.1 Å². The molecule has 0 aromatic carbocycles. The first-order chi connectivity index (χ1) is 10.2. The van der Waals surface area contributed by atoms with E-state index in [-0.39, 0.29) is 22.7 Å². The molecule has 2 aromatic heterocycles. The average Bonchev–Trinajstić information content (AvgIpc) is 3.03. The van der Waals surface area contributed by atoms with Crippen molar-refractivity contribution in [3.63, 3.8) is 0 Å². The van der Waals surface area contributed by atoms with E-state index in [4.69, 9.17) is 0 Å². The van der Waals surface area contributed by atoms with Crippen LogP contribution in [-0.2, 0) is 19.5 Å². The molecule has 1 unspecified atom stereocenters. The molecule has 22 heavy (non-hydrogen) atoms. The zero-order chi connectivity index (χ0) is 16.2. The lowest BCUT2D eigenvalue weighted by molar-refractivity contribution is 0.491. The van der Waals surface area contributed by atoms with Crippen LogP contribution in [0.4, 0.5) is 0 Å². The van der Waals surface area contributed by atoms with Crippen LogP contribution in [0.1, 0.15) is 39.1 Å². The lowest BCUT2D eigenvalue weighted by Gasteiger charge is -2.17. The van der Waals surface area contributed by atoms with E-state index in [2.05, 4.69) is 10.3 Å². The standard InChI is InChI=1S/C15H23N5O2/c1-15(2,3)13-17-11-10(18(13)4)12(21)20(14(22)19(11)5)9-6-7-16-8-9/h9,16H,6-8H2,1-5H3. The summed E-state index contributed by atoms with van der Waals surface area (Å²) in [7, 11) is 3.53. The Morgan fingerprint density at radius 1 is 1.18 bits per heavy atom. The molecular weight excluding hydrogens is 282 g/mol. The van der Waals surface area contributed by atoms with Gasteiger partial charge in [0.2, 0.25) is 0 Å². The van der Waals surface area contributed by atoms with Gasteiger partial charge in [-0.25, -0.2) is 9.78 Å². The van der Waals surface area contributed by atoms with Crippen LogP contribution in [0, 0.1) is 0 Å². The molecular formula is C15H23N5O2. The van der Waals surface area contributed by atoms with Crippen LogP contribution in [-0.4, -0.2) is 31.8 Å². The molecule has 0 aliphatic carbocycles. The van der Waals surface area contributed by atoms with Gasteiger partial charge in [-0.1, -0.05) is 20.8 Å². The SMILES string of the molecule is Cn1c(C(C)(C)C)nc2c1c(=O)n(C1CCNC1)c(=O)n2C. The monoisotopic (exact) mass is 305 g/mol. The number of nitrogens with zero attached hydrogens (tertiary/aromatic N) is 4. The second kappa shape index (κ2) is 4.81. The molecule has 0 amide bonds. The largest absolute Gasteiger partial charge is 0.332 e. The Kier molecular flexibility index (Phi) is 3.28. The normalized spacial score (nSPS) is 19.2. The second-order valence-corrected chi connectivity index (χ2v) is 7.08. The molecule has 0 bridgehead atoms. The highest BCUT2D eigenvalue weighted by Gasteiger charge is 2.28. The third-order valence-electron chi connectivity index (χ3n) is 4.38. The molecule has 1 aliphatic rings. The number of hydrogen-bond acceptors (Lipinski definition) is 4. The van der Waals surface area contributed by atoms with E-state index in [1.165, 1.54) is 9.13 Å². The fourth-order valence-corrected chi connectivity index (χ4v) is 3.26. The summed E-state index contributed by atoms with van der Waals surface area (Å²) in [4.78, 5) is 30.1. The van der Waals surface area contributed by atoms with E-state index in [0.717, 1.165) is 18.8 Å². The van der Waals surface area contributed by atoms with Crippen molar-refractivity contribution in [3.8, 4) is 0 Å². The molecule has 0 spiro atoms. The second-order valence-electron chi connectivity index (χ2n) is 7.08. The highest BCUT2D eigenvalue weighted by Crippen LogP contribution is 2.23. The minimum atomic E-state index is -0.287. The molecule has 1 saturated heterocycles. The van der Waals surface area contributed by atoms with Crippen molar-refractivity contribution in [2.24, 2.45) is 14.1 Å². The Morgan fingerprint density at radius 3 is 2.41 bits per heavy atom. The van der Waals surface area contributed by atoms with Crippen LogP contribution < -0.4 is 16.6 Å². The van der Waals surface area contributed by atoms with Gasteiger partial charge in [-0.15, -0.1) is 0 Å². The number of imidazole rings is 1. The Labute approximate surface area is 128 Å². The van der Waals surface area contributed by atoms with Gasteiger partial charge in [0.1, 0.15) is 5.82 Å². The van der Waals surface area contributed by atoms with E-state index in [0.29, 0.717) is 17.7 Å². The topological polar surface area (TPSA) is 73.8 Å². The van der Waals surface area contributed by atoms with Crippen molar-refractivity contribution in [3.05, 3.63) is 26.7 Å².